The lowest BCUT2D eigenvalue weighted by molar-refractivity contribution is 0.101. The first kappa shape index (κ1) is 20.1. The van der Waals surface area contributed by atoms with E-state index in [0.717, 1.165) is 5.56 Å². The third-order valence-corrected chi connectivity index (χ3v) is 4.41. The second-order valence-corrected chi connectivity index (χ2v) is 6.73. The molecular formula is C20H23N5O4. The number of anilines is 2. The predicted octanol–water partition coefficient (Wildman–Crippen LogP) is 2.44. The van der Waals surface area contributed by atoms with Crippen LogP contribution in [0.1, 0.15) is 29.9 Å². The van der Waals surface area contributed by atoms with Crippen LogP contribution in [0.2, 0.25) is 0 Å². The number of nitrogens with zero attached hydrogens (tertiary/aromatic N) is 4. The monoisotopic (exact) mass is 397 g/mol. The molecule has 0 bridgehead atoms. The van der Waals surface area contributed by atoms with Crippen LogP contribution in [-0.4, -0.2) is 33.8 Å². The van der Waals surface area contributed by atoms with Crippen molar-refractivity contribution in [1.29, 1.82) is 0 Å². The molecule has 1 N–H and O–H groups in total. The van der Waals surface area contributed by atoms with Crippen LogP contribution in [-0.2, 0) is 13.6 Å². The Morgan fingerprint density at radius 2 is 2.03 bits per heavy atom. The maximum absolute atomic E-state index is 12.9. The maximum Gasteiger partial charge on any atom is 0.297 e. The highest BCUT2D eigenvalue weighted by atomic mass is 16.5. The SMILES string of the molecule is COc1c(C(=O)Nc2cnoc2)nc(N(Cc2ccccc2)C(C)C)n(C)c1=O. The Morgan fingerprint density at radius 1 is 1.31 bits per heavy atom. The van der Waals surface area contributed by atoms with Gasteiger partial charge in [0, 0.05) is 19.6 Å². The van der Waals surface area contributed by atoms with Crippen molar-refractivity contribution in [3.05, 3.63) is 64.4 Å². The van der Waals surface area contributed by atoms with Crippen molar-refractivity contribution in [2.45, 2.75) is 26.4 Å². The second kappa shape index (κ2) is 8.59. The fourth-order valence-corrected chi connectivity index (χ4v) is 2.89. The molecule has 9 nitrogen and oxygen atoms in total. The average Bonchev–Trinajstić information content (AvgIpc) is 3.22. The van der Waals surface area contributed by atoms with Crippen molar-refractivity contribution in [2.24, 2.45) is 7.05 Å². The molecule has 152 valence electrons. The number of ether oxygens (including phenoxy) is 1. The third kappa shape index (κ3) is 4.29. The minimum absolute atomic E-state index is 0.0238. The molecule has 1 aromatic carbocycles. The minimum atomic E-state index is -0.590. The molecule has 0 aliphatic rings. The van der Waals surface area contributed by atoms with Gasteiger partial charge in [-0.1, -0.05) is 35.5 Å². The van der Waals surface area contributed by atoms with Crippen molar-refractivity contribution in [3.8, 4) is 5.75 Å². The third-order valence-electron chi connectivity index (χ3n) is 4.41. The highest BCUT2D eigenvalue weighted by Gasteiger charge is 2.25. The molecule has 0 radical (unpaired) electrons. The summed E-state index contributed by atoms with van der Waals surface area (Å²) in [5.74, 6) is -0.355. The number of benzene rings is 1. The number of rotatable bonds is 7. The van der Waals surface area contributed by atoms with Crippen LogP contribution in [0.3, 0.4) is 0 Å². The van der Waals surface area contributed by atoms with Gasteiger partial charge in [-0.3, -0.25) is 14.2 Å². The van der Waals surface area contributed by atoms with Crippen molar-refractivity contribution in [3.63, 3.8) is 0 Å². The summed E-state index contributed by atoms with van der Waals surface area (Å²) in [7, 11) is 2.94. The number of carbonyl (C=O) groups is 1. The molecule has 0 unspecified atom stereocenters. The van der Waals surface area contributed by atoms with Crippen LogP contribution in [0.5, 0.6) is 5.75 Å². The van der Waals surface area contributed by atoms with E-state index in [2.05, 4.69) is 15.5 Å². The first-order valence-electron chi connectivity index (χ1n) is 9.08. The predicted molar refractivity (Wildman–Crippen MR) is 108 cm³/mol. The lowest BCUT2D eigenvalue weighted by atomic mass is 10.2. The fraction of sp³-hybridized carbons (Fsp3) is 0.300. The summed E-state index contributed by atoms with van der Waals surface area (Å²) in [5.41, 5.74) is 0.852. The highest BCUT2D eigenvalue weighted by Crippen LogP contribution is 2.21. The van der Waals surface area contributed by atoms with Crippen LogP contribution < -0.4 is 20.5 Å². The minimum Gasteiger partial charge on any atom is -0.489 e. The normalized spacial score (nSPS) is 10.8. The van der Waals surface area contributed by atoms with Crippen LogP contribution in [0, 0.1) is 0 Å². The number of carbonyl (C=O) groups excluding carboxylic acids is 1. The quantitative estimate of drug-likeness (QED) is 0.653. The van der Waals surface area contributed by atoms with E-state index in [9.17, 15) is 9.59 Å². The van der Waals surface area contributed by atoms with Gasteiger partial charge in [-0.05, 0) is 19.4 Å². The molecule has 0 aliphatic heterocycles. The van der Waals surface area contributed by atoms with Crippen molar-refractivity contribution < 1.29 is 14.1 Å². The lowest BCUT2D eigenvalue weighted by Gasteiger charge is -2.29. The molecule has 29 heavy (non-hydrogen) atoms. The van der Waals surface area contributed by atoms with E-state index in [-0.39, 0.29) is 17.5 Å². The molecule has 0 saturated heterocycles. The van der Waals surface area contributed by atoms with E-state index in [1.807, 2.05) is 49.1 Å². The molecule has 0 aliphatic carbocycles. The van der Waals surface area contributed by atoms with Crippen LogP contribution in [0.4, 0.5) is 11.6 Å². The van der Waals surface area contributed by atoms with E-state index >= 15 is 0 Å². The first-order chi connectivity index (χ1) is 13.9. The summed E-state index contributed by atoms with van der Waals surface area (Å²) < 4.78 is 11.3. The summed E-state index contributed by atoms with van der Waals surface area (Å²) in [5, 5.41) is 6.14. The topological polar surface area (TPSA) is 102 Å². The fourth-order valence-electron chi connectivity index (χ4n) is 2.89. The molecule has 9 heteroatoms. The van der Waals surface area contributed by atoms with Gasteiger partial charge in [-0.25, -0.2) is 4.98 Å². The molecule has 3 aromatic rings. The Morgan fingerprint density at radius 3 is 2.62 bits per heavy atom. The van der Waals surface area contributed by atoms with Gasteiger partial charge in [-0.2, -0.15) is 0 Å². The van der Waals surface area contributed by atoms with Crippen LogP contribution in [0.15, 0.2) is 52.1 Å². The van der Waals surface area contributed by atoms with Gasteiger partial charge in [-0.15, -0.1) is 0 Å². The Labute approximate surface area is 167 Å². The number of methoxy groups -OCH3 is 1. The number of nitrogens with one attached hydrogen (secondary N) is 1. The van der Waals surface area contributed by atoms with Gasteiger partial charge >= 0.3 is 0 Å². The average molecular weight is 397 g/mol. The smallest absolute Gasteiger partial charge is 0.297 e. The van der Waals surface area contributed by atoms with Gasteiger partial charge in [0.25, 0.3) is 11.5 Å². The largest absolute Gasteiger partial charge is 0.489 e. The molecule has 0 spiro atoms. The first-order valence-corrected chi connectivity index (χ1v) is 9.08. The summed E-state index contributed by atoms with van der Waals surface area (Å²) in [6.07, 6.45) is 2.63. The van der Waals surface area contributed by atoms with Gasteiger partial charge in [0.2, 0.25) is 11.7 Å². The Balaban J connectivity index is 2.06. The number of hydrogen-bond donors (Lipinski definition) is 1. The molecule has 3 rings (SSSR count). The Kier molecular flexibility index (Phi) is 5.96. The standard InChI is InChI=1S/C20H23N5O4/c1-13(2)25(11-14-8-6-5-7-9-14)20-23-16(17(28-4)19(27)24(20)3)18(26)22-15-10-21-29-12-15/h5-10,12-13H,11H2,1-4H3,(H,22,26). The number of amides is 1. The zero-order valence-corrected chi connectivity index (χ0v) is 16.7. The number of aromatic nitrogens is 3. The van der Waals surface area contributed by atoms with E-state index in [1.54, 1.807) is 7.05 Å². The van der Waals surface area contributed by atoms with E-state index in [0.29, 0.717) is 18.2 Å². The van der Waals surface area contributed by atoms with Gasteiger partial charge in [0.15, 0.2) is 5.69 Å². The lowest BCUT2D eigenvalue weighted by Crippen LogP contribution is -2.37. The van der Waals surface area contributed by atoms with E-state index in [1.165, 1.54) is 24.1 Å². The van der Waals surface area contributed by atoms with Crippen LogP contribution >= 0.6 is 0 Å². The van der Waals surface area contributed by atoms with E-state index in [4.69, 9.17) is 9.26 Å². The molecule has 0 fully saturated rings. The summed E-state index contributed by atoms with van der Waals surface area (Å²) in [6, 6.07) is 9.86. The second-order valence-electron chi connectivity index (χ2n) is 6.73. The molecule has 2 aromatic heterocycles. The van der Waals surface area contributed by atoms with Crippen molar-refractivity contribution in [1.82, 2.24) is 14.7 Å². The molecule has 0 saturated carbocycles. The Bertz CT molecular complexity index is 1030. The zero-order valence-electron chi connectivity index (χ0n) is 16.7. The Hall–Kier alpha value is -3.62. The summed E-state index contributed by atoms with van der Waals surface area (Å²) in [6.45, 7) is 4.52. The molecule has 0 atom stereocenters. The van der Waals surface area contributed by atoms with Gasteiger partial charge in [0.05, 0.1) is 13.3 Å². The maximum atomic E-state index is 12.9. The van der Waals surface area contributed by atoms with Crippen molar-refractivity contribution >= 4 is 17.5 Å². The zero-order chi connectivity index (χ0) is 21.0. The van der Waals surface area contributed by atoms with Crippen LogP contribution in [0.25, 0.3) is 0 Å². The van der Waals surface area contributed by atoms with E-state index < -0.39 is 11.5 Å². The van der Waals surface area contributed by atoms with Gasteiger partial charge < -0.3 is 19.5 Å². The molecule has 1 amide bonds. The molecule has 2 heterocycles. The number of hydrogen-bond acceptors (Lipinski definition) is 7. The van der Waals surface area contributed by atoms with Crippen molar-refractivity contribution in [2.75, 3.05) is 17.3 Å². The summed E-state index contributed by atoms with van der Waals surface area (Å²) >= 11 is 0. The summed E-state index contributed by atoms with van der Waals surface area (Å²) in [4.78, 5) is 32.1. The molecular weight excluding hydrogens is 374 g/mol. The van der Waals surface area contributed by atoms with Gasteiger partial charge in [0.1, 0.15) is 12.0 Å². The highest BCUT2D eigenvalue weighted by molar-refractivity contribution is 6.04.